The van der Waals surface area contributed by atoms with Gasteiger partial charge in [-0.05, 0) is 38.4 Å². The first-order chi connectivity index (χ1) is 13.8. The first-order valence-electron chi connectivity index (χ1n) is 9.44. The van der Waals surface area contributed by atoms with Crippen molar-refractivity contribution in [2.45, 2.75) is 44.6 Å². The number of hydrogen-bond donors (Lipinski definition) is 2. The number of nitrogens with one attached hydrogen (secondary N) is 1. The quantitative estimate of drug-likeness (QED) is 0.397. The number of nitro groups is 1. The molecule has 2 atom stereocenters. The van der Waals surface area contributed by atoms with Crippen molar-refractivity contribution >= 4 is 5.69 Å². The predicted octanol–water partition coefficient (Wildman–Crippen LogP) is 3.08. The van der Waals surface area contributed by atoms with Crippen molar-refractivity contribution in [2.75, 3.05) is 13.7 Å². The molecule has 0 aromatic heterocycles. The van der Waals surface area contributed by atoms with Crippen LogP contribution < -0.4 is 10.1 Å². The number of ether oxygens (including phenoxy) is 1. The molecule has 0 fully saturated rings. The Bertz CT molecular complexity index is 856. The van der Waals surface area contributed by atoms with Gasteiger partial charge in [-0.2, -0.15) is 0 Å². The van der Waals surface area contributed by atoms with Gasteiger partial charge in [0, 0.05) is 5.56 Å². The molecule has 156 valence electrons. The molecule has 2 N–H and O–H groups in total. The second-order valence-electron chi connectivity index (χ2n) is 7.52. The summed E-state index contributed by atoms with van der Waals surface area (Å²) < 4.78 is 5.91. The van der Waals surface area contributed by atoms with Crippen LogP contribution in [0.3, 0.4) is 0 Å². The highest BCUT2D eigenvalue weighted by molar-refractivity contribution is 5.53. The predicted molar refractivity (Wildman–Crippen MR) is 106 cm³/mol. The highest BCUT2D eigenvalue weighted by Gasteiger charge is 2.43. The summed E-state index contributed by atoms with van der Waals surface area (Å²) in [6.07, 6.45) is -0.0590. The van der Waals surface area contributed by atoms with Gasteiger partial charge >= 0.3 is 0 Å². The van der Waals surface area contributed by atoms with Crippen LogP contribution >= 0.6 is 0 Å². The lowest BCUT2D eigenvalue weighted by molar-refractivity contribution is -0.387. The lowest BCUT2D eigenvalue weighted by Crippen LogP contribution is -2.52. The third-order valence-corrected chi connectivity index (χ3v) is 5.10. The van der Waals surface area contributed by atoms with Gasteiger partial charge in [0.25, 0.3) is 5.69 Å². The van der Waals surface area contributed by atoms with Crippen molar-refractivity contribution in [1.82, 2.24) is 5.32 Å². The monoisotopic (exact) mass is 402 g/mol. The zero-order valence-corrected chi connectivity index (χ0v) is 16.8. The van der Waals surface area contributed by atoms with E-state index in [2.05, 4.69) is 10.2 Å². The third-order valence-electron chi connectivity index (χ3n) is 5.10. The van der Waals surface area contributed by atoms with Crippen molar-refractivity contribution in [2.24, 2.45) is 0 Å². The number of aliphatic hydroxyl groups excluding tert-OH is 1. The molecule has 8 nitrogen and oxygen atoms in total. The summed E-state index contributed by atoms with van der Waals surface area (Å²) in [6, 6.07) is 12.6. The molecule has 1 heterocycles. The van der Waals surface area contributed by atoms with E-state index in [9.17, 15) is 15.2 Å². The minimum Gasteiger partial charge on any atom is -0.484 e. The van der Waals surface area contributed by atoms with E-state index in [1.165, 1.54) is 18.7 Å². The third kappa shape index (κ3) is 4.73. The van der Waals surface area contributed by atoms with Gasteiger partial charge in [-0.25, -0.2) is 9.78 Å². The molecule has 0 bridgehead atoms. The molecule has 0 saturated heterocycles. The first kappa shape index (κ1) is 21.2. The highest BCUT2D eigenvalue weighted by atomic mass is 17.2. The lowest BCUT2D eigenvalue weighted by Gasteiger charge is -2.42. The van der Waals surface area contributed by atoms with E-state index in [0.717, 1.165) is 6.42 Å². The number of nitro benzene ring substituents is 1. The lowest BCUT2D eigenvalue weighted by atomic mass is 9.85. The molecular weight excluding hydrogens is 376 g/mol. The summed E-state index contributed by atoms with van der Waals surface area (Å²) in [7, 11) is 1.34. The molecule has 2 aromatic rings. The smallest absolute Gasteiger partial charge is 0.278 e. The van der Waals surface area contributed by atoms with Crippen molar-refractivity contribution < 1.29 is 24.5 Å². The summed E-state index contributed by atoms with van der Waals surface area (Å²) in [5.74, 6) is 0.380. The Kier molecular flexibility index (Phi) is 6.49. The standard InChI is InChI=1S/C21H26N2O6/c1-21(2)20(24)19(22-10-9-14-7-5-4-6-8-14)16-11-15(13-28-27-3)17(23(25)26)12-18(16)29-21/h4-8,11-12,19-20,22,24H,9-10,13H2,1-3H3. The van der Waals surface area contributed by atoms with Crippen molar-refractivity contribution in [3.63, 3.8) is 0 Å². The van der Waals surface area contributed by atoms with Crippen LogP contribution in [0.15, 0.2) is 42.5 Å². The molecule has 0 saturated carbocycles. The number of fused-ring (bicyclic) bond motifs is 1. The normalized spacial score (nSPS) is 20.0. The minimum absolute atomic E-state index is 0.0870. The maximum absolute atomic E-state index is 11.5. The Morgan fingerprint density at radius 3 is 2.66 bits per heavy atom. The van der Waals surface area contributed by atoms with Gasteiger partial charge < -0.3 is 15.2 Å². The zero-order valence-electron chi connectivity index (χ0n) is 16.8. The first-order valence-corrected chi connectivity index (χ1v) is 9.44. The van der Waals surface area contributed by atoms with Crippen LogP contribution in [0.25, 0.3) is 0 Å². The number of hydrogen-bond acceptors (Lipinski definition) is 7. The van der Waals surface area contributed by atoms with E-state index < -0.39 is 22.7 Å². The highest BCUT2D eigenvalue weighted by Crippen LogP contribution is 2.43. The topological polar surface area (TPSA) is 103 Å². The Labute approximate surface area is 169 Å². The Balaban J connectivity index is 1.90. The molecule has 1 aliphatic heterocycles. The molecular formula is C21H26N2O6. The van der Waals surface area contributed by atoms with E-state index >= 15 is 0 Å². The summed E-state index contributed by atoms with van der Waals surface area (Å²) in [5.41, 5.74) is 1.16. The molecule has 0 aliphatic carbocycles. The van der Waals surface area contributed by atoms with Gasteiger partial charge in [0.05, 0.1) is 29.7 Å². The average molecular weight is 402 g/mol. The summed E-state index contributed by atoms with van der Waals surface area (Å²) >= 11 is 0. The molecule has 3 rings (SSSR count). The fourth-order valence-electron chi connectivity index (χ4n) is 3.53. The van der Waals surface area contributed by atoms with Crippen LogP contribution in [0.5, 0.6) is 5.75 Å². The molecule has 2 unspecified atom stereocenters. The maximum atomic E-state index is 11.5. The summed E-state index contributed by atoms with van der Waals surface area (Å²) in [6.45, 7) is 4.07. The SMILES string of the molecule is COOCc1cc2c(cc1[N+](=O)[O-])OC(C)(C)C(O)C2NCCc1ccccc1. The van der Waals surface area contributed by atoms with E-state index in [0.29, 0.717) is 23.4 Å². The molecule has 0 radical (unpaired) electrons. The molecule has 0 amide bonds. The van der Waals surface area contributed by atoms with Crippen molar-refractivity contribution in [3.8, 4) is 5.75 Å². The Hall–Kier alpha value is -2.52. The van der Waals surface area contributed by atoms with Crippen LogP contribution in [0.4, 0.5) is 5.69 Å². The zero-order chi connectivity index (χ0) is 21.0. The van der Waals surface area contributed by atoms with Gasteiger partial charge in [-0.3, -0.25) is 10.1 Å². The molecule has 0 spiro atoms. The van der Waals surface area contributed by atoms with Crippen LogP contribution in [0.1, 0.15) is 36.6 Å². The van der Waals surface area contributed by atoms with E-state index in [-0.39, 0.29) is 12.3 Å². The summed E-state index contributed by atoms with van der Waals surface area (Å²) in [4.78, 5) is 20.5. The van der Waals surface area contributed by atoms with E-state index in [4.69, 9.17) is 9.62 Å². The second-order valence-corrected chi connectivity index (χ2v) is 7.52. The van der Waals surface area contributed by atoms with Gasteiger partial charge in [0.1, 0.15) is 24.1 Å². The van der Waals surface area contributed by atoms with Crippen molar-refractivity contribution in [1.29, 1.82) is 0 Å². The van der Waals surface area contributed by atoms with Gasteiger partial charge in [0.2, 0.25) is 0 Å². The van der Waals surface area contributed by atoms with Gasteiger partial charge in [-0.1, -0.05) is 30.3 Å². The van der Waals surface area contributed by atoms with Gasteiger partial charge in [-0.15, -0.1) is 0 Å². The molecule has 29 heavy (non-hydrogen) atoms. The number of nitrogens with zero attached hydrogens (tertiary/aromatic N) is 1. The van der Waals surface area contributed by atoms with Crippen LogP contribution in [-0.2, 0) is 22.8 Å². The fourth-order valence-corrected chi connectivity index (χ4v) is 3.53. The maximum Gasteiger partial charge on any atom is 0.278 e. The Morgan fingerprint density at radius 2 is 2.00 bits per heavy atom. The van der Waals surface area contributed by atoms with E-state index in [1.807, 2.05) is 30.3 Å². The van der Waals surface area contributed by atoms with Crippen molar-refractivity contribution in [3.05, 3.63) is 69.3 Å². The van der Waals surface area contributed by atoms with Gasteiger partial charge in [0.15, 0.2) is 0 Å². The molecule has 2 aromatic carbocycles. The fraction of sp³-hybridized carbons (Fsp3) is 0.429. The van der Waals surface area contributed by atoms with Crippen LogP contribution in [0, 0.1) is 10.1 Å². The molecule has 1 aliphatic rings. The second kappa shape index (κ2) is 8.87. The number of benzene rings is 2. The molecule has 8 heteroatoms. The van der Waals surface area contributed by atoms with E-state index in [1.54, 1.807) is 19.9 Å². The Morgan fingerprint density at radius 1 is 1.28 bits per heavy atom. The minimum atomic E-state index is -0.907. The average Bonchev–Trinajstić information content (AvgIpc) is 2.69. The largest absolute Gasteiger partial charge is 0.484 e. The summed E-state index contributed by atoms with van der Waals surface area (Å²) in [5, 5.41) is 25.8. The number of aliphatic hydroxyl groups is 1. The van der Waals surface area contributed by atoms with Crippen LogP contribution in [0.2, 0.25) is 0 Å². The number of rotatable bonds is 8. The van der Waals surface area contributed by atoms with Crippen LogP contribution in [-0.4, -0.2) is 35.4 Å².